The molecule has 104 valence electrons. The lowest BCUT2D eigenvalue weighted by atomic mass is 10.4. The van der Waals surface area contributed by atoms with E-state index in [4.69, 9.17) is 14.6 Å². The summed E-state index contributed by atoms with van der Waals surface area (Å²) in [5, 5.41) is 8.94. The largest absolute Gasteiger partial charge is 0.488 e. The van der Waals surface area contributed by atoms with Gasteiger partial charge in [0.15, 0.2) is 5.75 Å². The van der Waals surface area contributed by atoms with Gasteiger partial charge >= 0.3 is 0 Å². The molecule has 0 radical (unpaired) electrons. The van der Waals surface area contributed by atoms with Crippen LogP contribution < -0.4 is 9.88 Å². The highest BCUT2D eigenvalue weighted by Gasteiger charge is 2.03. The lowest BCUT2D eigenvalue weighted by Crippen LogP contribution is -2.21. The molecule has 0 aliphatic rings. The highest BCUT2D eigenvalue weighted by Crippen LogP contribution is 2.11. The fourth-order valence-electron chi connectivity index (χ4n) is 1.17. The number of rotatable bonds is 8. The molecule has 0 unspecified atom stereocenters. The lowest BCUT2D eigenvalue weighted by molar-refractivity contribution is 0.111. The third-order valence-corrected chi connectivity index (χ3v) is 2.85. The Morgan fingerprint density at radius 3 is 2.67 bits per heavy atom. The highest BCUT2D eigenvalue weighted by molar-refractivity contribution is 7.89. The van der Waals surface area contributed by atoms with Crippen LogP contribution in [0.15, 0.2) is 12.4 Å². The molecule has 1 aromatic rings. The molecular weight excluding hydrogens is 258 g/mol. The first-order valence-corrected chi connectivity index (χ1v) is 7.35. The Labute approximate surface area is 107 Å². The standard InChI is InChI=1S/C10H19N3O4S/c1-9(2)13-8-10(7-12-13)17-4-3-16-5-6-18(11,14)15/h7-9H,3-6H2,1-2H3,(H2,11,14,15). The summed E-state index contributed by atoms with van der Waals surface area (Å²) in [6, 6.07) is 0.286. The van der Waals surface area contributed by atoms with Crippen LogP contribution in [0.4, 0.5) is 0 Å². The summed E-state index contributed by atoms with van der Waals surface area (Å²) < 4.78 is 33.5. The fraction of sp³-hybridized carbons (Fsp3) is 0.700. The number of sulfonamides is 1. The zero-order valence-electron chi connectivity index (χ0n) is 10.6. The Hall–Kier alpha value is -1.12. The normalized spacial score (nSPS) is 12.0. The van der Waals surface area contributed by atoms with E-state index in [1.165, 1.54) is 0 Å². The molecule has 2 N–H and O–H groups in total. The van der Waals surface area contributed by atoms with Crippen LogP contribution in [0.3, 0.4) is 0 Å². The fourth-order valence-corrected chi connectivity index (χ4v) is 1.52. The van der Waals surface area contributed by atoms with Crippen molar-refractivity contribution in [2.45, 2.75) is 19.9 Å². The van der Waals surface area contributed by atoms with Crippen molar-refractivity contribution in [1.29, 1.82) is 0 Å². The lowest BCUT2D eigenvalue weighted by Gasteiger charge is -2.05. The predicted molar refractivity (Wildman–Crippen MR) is 66.9 cm³/mol. The van der Waals surface area contributed by atoms with Gasteiger partial charge in [0, 0.05) is 6.04 Å². The summed E-state index contributed by atoms with van der Waals surface area (Å²) in [7, 11) is -3.45. The van der Waals surface area contributed by atoms with Gasteiger partial charge in [0.25, 0.3) is 0 Å². The molecule has 0 saturated heterocycles. The molecule has 0 fully saturated rings. The number of ether oxygens (including phenoxy) is 2. The Balaban J connectivity index is 2.14. The summed E-state index contributed by atoms with van der Waals surface area (Å²) in [6.07, 6.45) is 3.43. The van der Waals surface area contributed by atoms with Gasteiger partial charge in [0.05, 0.1) is 31.4 Å². The van der Waals surface area contributed by atoms with E-state index in [2.05, 4.69) is 5.10 Å². The van der Waals surface area contributed by atoms with Crippen LogP contribution in [0.25, 0.3) is 0 Å². The molecule has 1 aromatic heterocycles. The van der Waals surface area contributed by atoms with E-state index in [1.807, 2.05) is 13.8 Å². The summed E-state index contributed by atoms with van der Waals surface area (Å²) in [5.74, 6) is 0.483. The molecule has 1 heterocycles. The van der Waals surface area contributed by atoms with Crippen molar-refractivity contribution in [3.05, 3.63) is 12.4 Å². The Morgan fingerprint density at radius 1 is 1.39 bits per heavy atom. The Bertz CT molecular complexity index is 455. The van der Waals surface area contributed by atoms with Crippen molar-refractivity contribution >= 4 is 10.0 Å². The van der Waals surface area contributed by atoms with Crippen molar-refractivity contribution in [3.63, 3.8) is 0 Å². The van der Waals surface area contributed by atoms with Gasteiger partial charge in [-0.05, 0) is 13.8 Å². The minimum absolute atomic E-state index is 0.0768. The predicted octanol–water partition coefficient (Wildman–Crippen LogP) is 0.148. The third-order valence-electron chi connectivity index (χ3n) is 2.12. The molecule has 0 aromatic carbocycles. The van der Waals surface area contributed by atoms with Gasteiger partial charge in [-0.3, -0.25) is 4.68 Å². The van der Waals surface area contributed by atoms with Crippen LogP contribution in [0.2, 0.25) is 0 Å². The zero-order valence-corrected chi connectivity index (χ0v) is 11.4. The van der Waals surface area contributed by atoms with Crippen LogP contribution in [-0.4, -0.2) is 43.8 Å². The minimum atomic E-state index is -3.45. The second-order valence-corrected chi connectivity index (χ2v) is 5.81. The van der Waals surface area contributed by atoms with Gasteiger partial charge < -0.3 is 9.47 Å². The van der Waals surface area contributed by atoms with Crippen LogP contribution in [0.5, 0.6) is 5.75 Å². The van der Waals surface area contributed by atoms with Crippen molar-refractivity contribution in [1.82, 2.24) is 9.78 Å². The molecule has 7 nitrogen and oxygen atoms in total. The maximum Gasteiger partial charge on any atom is 0.211 e. The molecule has 0 aliphatic heterocycles. The van der Waals surface area contributed by atoms with Crippen molar-refractivity contribution < 1.29 is 17.9 Å². The highest BCUT2D eigenvalue weighted by atomic mass is 32.2. The van der Waals surface area contributed by atoms with Crippen LogP contribution >= 0.6 is 0 Å². The number of hydrogen-bond acceptors (Lipinski definition) is 5. The van der Waals surface area contributed by atoms with Gasteiger partial charge in [-0.15, -0.1) is 0 Å². The van der Waals surface area contributed by atoms with Crippen molar-refractivity contribution in [3.8, 4) is 5.75 Å². The van der Waals surface area contributed by atoms with Crippen LogP contribution in [0.1, 0.15) is 19.9 Å². The minimum Gasteiger partial charge on any atom is -0.488 e. The first kappa shape index (κ1) is 14.9. The summed E-state index contributed by atoms with van der Waals surface area (Å²) in [6.45, 7) is 4.77. The second kappa shape index (κ2) is 6.72. The molecule has 0 bridgehead atoms. The van der Waals surface area contributed by atoms with E-state index in [-0.39, 0.29) is 18.4 Å². The quantitative estimate of drug-likeness (QED) is 0.682. The molecule has 1 rings (SSSR count). The molecule has 0 spiro atoms. The Morgan fingerprint density at radius 2 is 2.11 bits per heavy atom. The molecule has 0 amide bonds. The van der Waals surface area contributed by atoms with E-state index < -0.39 is 10.0 Å². The van der Waals surface area contributed by atoms with E-state index >= 15 is 0 Å². The molecule has 0 atom stereocenters. The van der Waals surface area contributed by atoms with Gasteiger partial charge in [-0.2, -0.15) is 5.10 Å². The average molecular weight is 277 g/mol. The molecule has 0 aliphatic carbocycles. The molecule has 8 heteroatoms. The third kappa shape index (κ3) is 5.99. The van der Waals surface area contributed by atoms with E-state index in [9.17, 15) is 8.42 Å². The van der Waals surface area contributed by atoms with Crippen LogP contribution in [-0.2, 0) is 14.8 Å². The van der Waals surface area contributed by atoms with Crippen LogP contribution in [0, 0.1) is 0 Å². The smallest absolute Gasteiger partial charge is 0.211 e. The average Bonchev–Trinajstić information content (AvgIpc) is 2.70. The number of primary sulfonamides is 1. The van der Waals surface area contributed by atoms with Gasteiger partial charge in [0.1, 0.15) is 6.61 Å². The van der Waals surface area contributed by atoms with Gasteiger partial charge in [-0.25, -0.2) is 13.6 Å². The number of nitrogens with two attached hydrogens (primary N) is 1. The van der Waals surface area contributed by atoms with Gasteiger partial charge in [0.2, 0.25) is 10.0 Å². The summed E-state index contributed by atoms with van der Waals surface area (Å²) in [4.78, 5) is 0. The molecule has 0 saturated carbocycles. The van der Waals surface area contributed by atoms with E-state index in [0.29, 0.717) is 19.0 Å². The van der Waals surface area contributed by atoms with Crippen molar-refractivity contribution in [2.24, 2.45) is 5.14 Å². The van der Waals surface area contributed by atoms with E-state index in [0.717, 1.165) is 0 Å². The van der Waals surface area contributed by atoms with Gasteiger partial charge in [-0.1, -0.05) is 0 Å². The first-order chi connectivity index (χ1) is 8.38. The first-order valence-electron chi connectivity index (χ1n) is 5.63. The summed E-state index contributed by atoms with van der Waals surface area (Å²) >= 11 is 0. The number of aromatic nitrogens is 2. The van der Waals surface area contributed by atoms with Crippen molar-refractivity contribution in [2.75, 3.05) is 25.6 Å². The summed E-state index contributed by atoms with van der Waals surface area (Å²) in [5.41, 5.74) is 0. The maximum atomic E-state index is 10.6. The monoisotopic (exact) mass is 277 g/mol. The topological polar surface area (TPSA) is 96.4 Å². The van der Waals surface area contributed by atoms with E-state index in [1.54, 1.807) is 17.1 Å². The SMILES string of the molecule is CC(C)n1cc(OCCOCCS(N)(=O)=O)cn1. The zero-order chi connectivity index (χ0) is 13.6. The molecular formula is C10H19N3O4S. The second-order valence-electron chi connectivity index (χ2n) is 4.08. The number of nitrogens with zero attached hydrogens (tertiary/aromatic N) is 2. The molecule has 18 heavy (non-hydrogen) atoms. The number of hydrogen-bond donors (Lipinski definition) is 1. The maximum absolute atomic E-state index is 10.6. The Kier molecular flexibility index (Phi) is 5.57.